The quantitative estimate of drug-likeness (QED) is 0.638. The fraction of sp³-hybridized carbons (Fsp3) is 0.250. The molecule has 0 amide bonds. The summed E-state index contributed by atoms with van der Waals surface area (Å²) in [6.07, 6.45) is 0. The average Bonchev–Trinajstić information content (AvgIpc) is 1.88. The van der Waals surface area contributed by atoms with E-state index in [1.54, 1.807) is 18.2 Å². The molecule has 0 unspecified atom stereocenters. The van der Waals surface area contributed by atoms with Crippen LogP contribution in [0.4, 0.5) is 0 Å². The Morgan fingerprint density at radius 3 is 3.00 bits per heavy atom. The maximum atomic E-state index is 5.67. The van der Waals surface area contributed by atoms with Crippen LogP contribution in [0.2, 0.25) is 5.02 Å². The summed E-state index contributed by atoms with van der Waals surface area (Å²) < 4.78 is 5.17. The standard InChI is InChI=1S/C8H8ClO/c1-2-10-8-5-3-4-7(9)6-8/h4-6H,2H2,1H3. The van der Waals surface area contributed by atoms with Crippen LogP contribution in [0.25, 0.3) is 0 Å². The Bertz CT molecular complexity index is 210. The van der Waals surface area contributed by atoms with Crippen molar-refractivity contribution in [2.45, 2.75) is 6.92 Å². The van der Waals surface area contributed by atoms with Crippen molar-refractivity contribution in [1.29, 1.82) is 0 Å². The van der Waals surface area contributed by atoms with E-state index in [1.165, 1.54) is 0 Å². The smallest absolute Gasteiger partial charge is 0.121 e. The van der Waals surface area contributed by atoms with E-state index in [1.807, 2.05) is 6.92 Å². The average molecular weight is 156 g/mol. The van der Waals surface area contributed by atoms with Gasteiger partial charge in [0.25, 0.3) is 0 Å². The Labute approximate surface area is 65.6 Å². The molecular weight excluding hydrogens is 148 g/mol. The van der Waals surface area contributed by atoms with Gasteiger partial charge >= 0.3 is 0 Å². The van der Waals surface area contributed by atoms with Gasteiger partial charge in [0.15, 0.2) is 0 Å². The van der Waals surface area contributed by atoms with Crippen LogP contribution in [0, 0.1) is 6.07 Å². The molecular formula is C8H8ClO. The maximum absolute atomic E-state index is 5.67. The van der Waals surface area contributed by atoms with Crippen LogP contribution in [0.15, 0.2) is 18.2 Å². The molecule has 1 radical (unpaired) electrons. The maximum Gasteiger partial charge on any atom is 0.121 e. The minimum atomic E-state index is 0.658. The zero-order valence-corrected chi connectivity index (χ0v) is 6.48. The molecule has 1 aromatic carbocycles. The van der Waals surface area contributed by atoms with Crippen molar-refractivity contribution in [2.75, 3.05) is 6.61 Å². The molecule has 0 aliphatic carbocycles. The lowest BCUT2D eigenvalue weighted by Crippen LogP contribution is -1.89. The number of hydrogen-bond donors (Lipinski definition) is 0. The predicted octanol–water partition coefficient (Wildman–Crippen LogP) is 2.54. The third-order valence-corrected chi connectivity index (χ3v) is 1.26. The first-order chi connectivity index (χ1) is 4.83. The largest absolute Gasteiger partial charge is 0.494 e. The molecule has 1 rings (SSSR count). The molecule has 1 nitrogen and oxygen atoms in total. The lowest BCUT2D eigenvalue weighted by atomic mass is 10.3. The van der Waals surface area contributed by atoms with E-state index in [-0.39, 0.29) is 0 Å². The molecule has 0 aliphatic heterocycles. The fourth-order valence-corrected chi connectivity index (χ4v) is 0.843. The van der Waals surface area contributed by atoms with Gasteiger partial charge in [-0.3, -0.25) is 0 Å². The lowest BCUT2D eigenvalue weighted by molar-refractivity contribution is 0.340. The highest BCUT2D eigenvalue weighted by molar-refractivity contribution is 6.30. The minimum Gasteiger partial charge on any atom is -0.494 e. The van der Waals surface area contributed by atoms with Crippen LogP contribution in [-0.4, -0.2) is 6.61 Å². The normalized spacial score (nSPS) is 9.40. The molecule has 1 aromatic rings. The number of hydrogen-bond acceptors (Lipinski definition) is 1. The topological polar surface area (TPSA) is 9.23 Å². The van der Waals surface area contributed by atoms with Crippen molar-refractivity contribution in [2.24, 2.45) is 0 Å². The number of rotatable bonds is 2. The monoisotopic (exact) mass is 155 g/mol. The molecule has 0 saturated heterocycles. The van der Waals surface area contributed by atoms with Crippen molar-refractivity contribution in [1.82, 2.24) is 0 Å². The molecule has 10 heavy (non-hydrogen) atoms. The Morgan fingerprint density at radius 2 is 2.40 bits per heavy atom. The van der Waals surface area contributed by atoms with Crippen LogP contribution < -0.4 is 4.74 Å². The van der Waals surface area contributed by atoms with Crippen molar-refractivity contribution in [3.63, 3.8) is 0 Å². The molecule has 53 valence electrons. The summed E-state index contributed by atoms with van der Waals surface area (Å²) in [4.78, 5) is 0. The first-order valence-corrected chi connectivity index (χ1v) is 3.50. The summed E-state index contributed by atoms with van der Waals surface area (Å²) in [5, 5.41) is 0.658. The molecule has 0 spiro atoms. The van der Waals surface area contributed by atoms with Gasteiger partial charge in [0.05, 0.1) is 6.61 Å². The molecule has 0 bridgehead atoms. The molecule has 0 heterocycles. The molecule has 0 N–H and O–H groups in total. The van der Waals surface area contributed by atoms with Crippen molar-refractivity contribution in [3.05, 3.63) is 29.3 Å². The van der Waals surface area contributed by atoms with E-state index in [0.717, 1.165) is 5.75 Å². The third-order valence-electron chi connectivity index (χ3n) is 1.04. The van der Waals surface area contributed by atoms with Crippen LogP contribution >= 0.6 is 11.6 Å². The van der Waals surface area contributed by atoms with Crippen LogP contribution in [0.5, 0.6) is 5.75 Å². The van der Waals surface area contributed by atoms with Crippen LogP contribution in [-0.2, 0) is 0 Å². The number of benzene rings is 1. The second-order valence-electron chi connectivity index (χ2n) is 1.82. The Balaban J connectivity index is 2.75. The van der Waals surface area contributed by atoms with E-state index >= 15 is 0 Å². The summed E-state index contributed by atoms with van der Waals surface area (Å²) in [6, 6.07) is 8.08. The predicted molar refractivity (Wildman–Crippen MR) is 41.5 cm³/mol. The van der Waals surface area contributed by atoms with Gasteiger partial charge < -0.3 is 4.74 Å². The van der Waals surface area contributed by atoms with E-state index in [0.29, 0.717) is 11.6 Å². The molecule has 0 fully saturated rings. The summed E-state index contributed by atoms with van der Waals surface area (Å²) in [5.41, 5.74) is 0. The van der Waals surface area contributed by atoms with Gasteiger partial charge in [0.2, 0.25) is 0 Å². The van der Waals surface area contributed by atoms with Gasteiger partial charge in [-0.1, -0.05) is 11.6 Å². The molecule has 0 aliphatic rings. The fourth-order valence-electron chi connectivity index (χ4n) is 0.673. The summed E-state index contributed by atoms with van der Waals surface area (Å²) in [5.74, 6) is 0.773. The van der Waals surface area contributed by atoms with Crippen molar-refractivity contribution < 1.29 is 4.74 Å². The molecule has 0 aromatic heterocycles. The minimum absolute atomic E-state index is 0.658. The van der Waals surface area contributed by atoms with Crippen LogP contribution in [0.1, 0.15) is 6.92 Å². The molecule has 2 heteroatoms. The Morgan fingerprint density at radius 1 is 1.60 bits per heavy atom. The zero-order valence-electron chi connectivity index (χ0n) is 5.73. The molecule has 0 atom stereocenters. The zero-order chi connectivity index (χ0) is 7.40. The highest BCUT2D eigenvalue weighted by atomic mass is 35.5. The molecule has 0 saturated carbocycles. The van der Waals surface area contributed by atoms with Gasteiger partial charge in [-0.05, 0) is 31.2 Å². The Kier molecular flexibility index (Phi) is 2.57. The summed E-state index contributed by atoms with van der Waals surface area (Å²) >= 11 is 5.67. The van der Waals surface area contributed by atoms with Crippen molar-refractivity contribution >= 4 is 11.6 Å². The Hall–Kier alpha value is -0.690. The first kappa shape index (κ1) is 7.42. The highest BCUT2D eigenvalue weighted by Gasteiger charge is 1.91. The van der Waals surface area contributed by atoms with Gasteiger partial charge in [-0.2, -0.15) is 0 Å². The van der Waals surface area contributed by atoms with Crippen LogP contribution in [0.3, 0.4) is 0 Å². The lowest BCUT2D eigenvalue weighted by Gasteiger charge is -2.00. The second kappa shape index (κ2) is 3.47. The summed E-state index contributed by atoms with van der Waals surface area (Å²) in [6.45, 7) is 2.59. The van der Waals surface area contributed by atoms with E-state index in [4.69, 9.17) is 16.3 Å². The first-order valence-electron chi connectivity index (χ1n) is 3.12. The van der Waals surface area contributed by atoms with Crippen molar-refractivity contribution in [3.8, 4) is 5.75 Å². The van der Waals surface area contributed by atoms with Gasteiger partial charge in [-0.25, -0.2) is 0 Å². The summed E-state index contributed by atoms with van der Waals surface area (Å²) in [7, 11) is 0. The number of ether oxygens (including phenoxy) is 1. The second-order valence-corrected chi connectivity index (χ2v) is 2.26. The highest BCUT2D eigenvalue weighted by Crippen LogP contribution is 2.16. The third kappa shape index (κ3) is 1.92. The number of halogens is 1. The van der Waals surface area contributed by atoms with Gasteiger partial charge in [0, 0.05) is 5.02 Å². The van der Waals surface area contributed by atoms with Gasteiger partial charge in [0.1, 0.15) is 5.75 Å². The van der Waals surface area contributed by atoms with E-state index in [9.17, 15) is 0 Å². The van der Waals surface area contributed by atoms with Gasteiger partial charge in [-0.15, -0.1) is 0 Å². The van der Waals surface area contributed by atoms with E-state index in [2.05, 4.69) is 6.07 Å². The SMILES string of the molecule is CCOc1c[c]cc(Cl)c1. The van der Waals surface area contributed by atoms with E-state index < -0.39 is 0 Å².